The van der Waals surface area contributed by atoms with Crippen LogP contribution in [-0.4, -0.2) is 77.2 Å². The monoisotopic (exact) mass is 592 g/mol. The maximum atomic E-state index is 13.4. The second-order valence-electron chi connectivity index (χ2n) is 10.6. The Balaban J connectivity index is 0.00000176. The molecule has 6 rings (SSSR count). The molecular formula is C29H38Cl2N4O3S. The van der Waals surface area contributed by atoms with Gasteiger partial charge in [-0.1, -0.05) is 44.4 Å². The molecule has 1 N–H and O–H groups in total. The second-order valence-corrected chi connectivity index (χ2v) is 11.7. The number of halogens is 2. The molecule has 0 radical (unpaired) electrons. The van der Waals surface area contributed by atoms with Crippen molar-refractivity contribution in [3.05, 3.63) is 40.8 Å². The van der Waals surface area contributed by atoms with Crippen LogP contribution in [0, 0.1) is 0 Å². The highest BCUT2D eigenvalue weighted by atomic mass is 35.5. The Hall–Kier alpha value is -2.26. The van der Waals surface area contributed by atoms with Crippen molar-refractivity contribution in [1.29, 1.82) is 0 Å². The summed E-state index contributed by atoms with van der Waals surface area (Å²) in [6.07, 6.45) is 6.03. The van der Waals surface area contributed by atoms with Gasteiger partial charge >= 0.3 is 5.97 Å². The Morgan fingerprint density at radius 3 is 2.38 bits per heavy atom. The molecule has 0 unspecified atom stereocenters. The number of fused-ring (bicyclic) bond motifs is 5. The van der Waals surface area contributed by atoms with Crippen LogP contribution in [0.4, 0.5) is 5.69 Å². The number of rotatable bonds is 5. The third-order valence-electron chi connectivity index (χ3n) is 8.59. The van der Waals surface area contributed by atoms with E-state index in [-0.39, 0.29) is 30.7 Å². The first-order valence-corrected chi connectivity index (χ1v) is 14.6. The van der Waals surface area contributed by atoms with E-state index in [0.717, 1.165) is 74.6 Å². The number of nitrogens with zero attached hydrogens (tertiary/aromatic N) is 4. The van der Waals surface area contributed by atoms with Crippen molar-refractivity contribution >= 4 is 63.9 Å². The van der Waals surface area contributed by atoms with Crippen LogP contribution in [-0.2, 0) is 11.3 Å². The lowest BCUT2D eigenvalue weighted by atomic mass is 9.83. The Morgan fingerprint density at radius 2 is 1.69 bits per heavy atom. The number of likely N-dealkylation sites (N-methyl/N-ethyl adjacent to an activating group) is 1. The summed E-state index contributed by atoms with van der Waals surface area (Å²) < 4.78 is 3.50. The molecule has 3 aromatic rings. The number of para-hydroxylation sites is 1. The van der Waals surface area contributed by atoms with Crippen LogP contribution < -0.4 is 4.90 Å². The van der Waals surface area contributed by atoms with E-state index in [2.05, 4.69) is 45.6 Å². The number of aromatic nitrogens is 1. The number of thiophene rings is 1. The van der Waals surface area contributed by atoms with Gasteiger partial charge < -0.3 is 24.4 Å². The number of carboxylic acids is 1. The van der Waals surface area contributed by atoms with Crippen LogP contribution in [0.15, 0.2) is 30.3 Å². The smallest absolute Gasteiger partial charge is 0.345 e. The molecule has 1 saturated carbocycles. The van der Waals surface area contributed by atoms with Crippen molar-refractivity contribution in [2.45, 2.75) is 51.5 Å². The van der Waals surface area contributed by atoms with Gasteiger partial charge in [0.15, 0.2) is 0 Å². The number of piperazine rings is 1. The summed E-state index contributed by atoms with van der Waals surface area (Å²) in [5.41, 5.74) is 5.90. The van der Waals surface area contributed by atoms with Gasteiger partial charge in [-0.05, 0) is 43.0 Å². The minimum absolute atomic E-state index is 0. The van der Waals surface area contributed by atoms with E-state index in [4.69, 9.17) is 0 Å². The van der Waals surface area contributed by atoms with Gasteiger partial charge in [-0.15, -0.1) is 36.2 Å². The molecule has 0 bridgehead atoms. The quantitative estimate of drug-likeness (QED) is 0.397. The first-order valence-electron chi connectivity index (χ1n) is 13.8. The molecule has 3 aliphatic rings. The summed E-state index contributed by atoms with van der Waals surface area (Å²) in [7, 11) is 0. The fraction of sp³-hybridized carbons (Fsp3) is 0.517. The fourth-order valence-corrected chi connectivity index (χ4v) is 7.70. The number of aromatic carboxylic acids is 1. The molecule has 1 amide bonds. The van der Waals surface area contributed by atoms with Crippen LogP contribution in [0.2, 0.25) is 0 Å². The molecule has 2 aromatic heterocycles. The van der Waals surface area contributed by atoms with Crippen LogP contribution >= 0.6 is 36.2 Å². The van der Waals surface area contributed by atoms with Crippen molar-refractivity contribution < 1.29 is 14.7 Å². The molecule has 1 aromatic carbocycles. The van der Waals surface area contributed by atoms with E-state index in [1.165, 1.54) is 47.4 Å². The molecule has 4 heterocycles. The first-order chi connectivity index (χ1) is 18.0. The number of anilines is 1. The maximum Gasteiger partial charge on any atom is 0.345 e. The highest BCUT2D eigenvalue weighted by Gasteiger charge is 2.33. The standard InChI is InChI=1S/C29H36N4O3S.2ClH/c1-2-30-12-14-31(15-13-30)25(34)19-32-16-17-33-23-18-24(29(35)36)37-28(23)26(20-8-4-3-5-9-20)27(33)21-10-6-7-11-22(21)32;;/h6-7,10-11,18,20H,2-5,8-9,12-17,19H2,1H3,(H,35,36);2*1H. The van der Waals surface area contributed by atoms with E-state index in [0.29, 0.717) is 17.3 Å². The Bertz CT molecular complexity index is 1330. The number of hydrogen-bond donors (Lipinski definition) is 1. The molecule has 2 fully saturated rings. The maximum absolute atomic E-state index is 13.4. The molecule has 10 heteroatoms. The summed E-state index contributed by atoms with van der Waals surface area (Å²) in [5, 5.41) is 9.77. The van der Waals surface area contributed by atoms with Gasteiger partial charge in [0.05, 0.1) is 22.5 Å². The third kappa shape index (κ3) is 5.53. The zero-order valence-electron chi connectivity index (χ0n) is 22.4. The van der Waals surface area contributed by atoms with Crippen molar-refractivity contribution in [3.8, 4) is 11.3 Å². The summed E-state index contributed by atoms with van der Waals surface area (Å²) in [6.45, 7) is 8.50. The number of carboxylic acid groups (broad SMARTS) is 1. The Kier molecular flexibility index (Phi) is 9.53. The number of hydrogen-bond acceptors (Lipinski definition) is 5. The highest BCUT2D eigenvalue weighted by molar-refractivity contribution is 7.21. The first kappa shape index (κ1) is 29.7. The predicted octanol–water partition coefficient (Wildman–Crippen LogP) is 5.94. The van der Waals surface area contributed by atoms with Crippen molar-refractivity contribution in [1.82, 2.24) is 14.4 Å². The predicted molar refractivity (Wildman–Crippen MR) is 163 cm³/mol. The van der Waals surface area contributed by atoms with Gasteiger partial charge in [0, 0.05) is 50.5 Å². The molecule has 2 aliphatic heterocycles. The van der Waals surface area contributed by atoms with Crippen LogP contribution in [0.3, 0.4) is 0 Å². The van der Waals surface area contributed by atoms with Gasteiger partial charge in [0.25, 0.3) is 0 Å². The molecule has 7 nitrogen and oxygen atoms in total. The van der Waals surface area contributed by atoms with Crippen LogP contribution in [0.5, 0.6) is 0 Å². The summed E-state index contributed by atoms with van der Waals surface area (Å²) in [5.74, 6) is -0.211. The molecule has 1 aliphatic carbocycles. The fourth-order valence-electron chi connectivity index (χ4n) is 6.58. The van der Waals surface area contributed by atoms with E-state index in [9.17, 15) is 14.7 Å². The molecule has 39 heavy (non-hydrogen) atoms. The van der Waals surface area contributed by atoms with E-state index in [1.807, 2.05) is 11.0 Å². The van der Waals surface area contributed by atoms with Crippen LogP contribution in [0.25, 0.3) is 21.5 Å². The highest BCUT2D eigenvalue weighted by Crippen LogP contribution is 2.49. The number of amides is 1. The van der Waals surface area contributed by atoms with Crippen molar-refractivity contribution in [2.24, 2.45) is 0 Å². The van der Waals surface area contributed by atoms with Gasteiger partial charge in [-0.2, -0.15) is 0 Å². The molecule has 0 atom stereocenters. The number of carbonyl (C=O) groups excluding carboxylic acids is 1. The summed E-state index contributed by atoms with van der Waals surface area (Å²) >= 11 is 1.43. The van der Waals surface area contributed by atoms with Crippen LogP contribution in [0.1, 0.15) is 60.2 Å². The van der Waals surface area contributed by atoms with E-state index < -0.39 is 5.97 Å². The molecule has 0 spiro atoms. The van der Waals surface area contributed by atoms with Crippen molar-refractivity contribution in [3.63, 3.8) is 0 Å². The minimum atomic E-state index is -0.852. The number of benzene rings is 1. The lowest BCUT2D eigenvalue weighted by Gasteiger charge is -2.35. The lowest BCUT2D eigenvalue weighted by Crippen LogP contribution is -2.51. The van der Waals surface area contributed by atoms with Gasteiger partial charge in [0.1, 0.15) is 4.88 Å². The molecule has 212 valence electrons. The largest absolute Gasteiger partial charge is 0.477 e. The SMILES string of the molecule is CCN1CCN(C(=O)CN2CCn3c(c(C4CCCCC4)c4sc(C(=O)O)cc43)-c3ccccc32)CC1.Cl.Cl. The second kappa shape index (κ2) is 12.5. The topological polar surface area (TPSA) is 69.0 Å². The average molecular weight is 594 g/mol. The van der Waals surface area contributed by atoms with E-state index in [1.54, 1.807) is 0 Å². The third-order valence-corrected chi connectivity index (χ3v) is 9.73. The molecular weight excluding hydrogens is 555 g/mol. The summed E-state index contributed by atoms with van der Waals surface area (Å²) in [4.78, 5) is 32.4. The normalized spacial score (nSPS) is 18.1. The van der Waals surface area contributed by atoms with Gasteiger partial charge in [-0.3, -0.25) is 4.79 Å². The lowest BCUT2D eigenvalue weighted by molar-refractivity contribution is -0.131. The zero-order chi connectivity index (χ0) is 25.5. The van der Waals surface area contributed by atoms with Gasteiger partial charge in [-0.25, -0.2) is 4.79 Å². The number of carbonyl (C=O) groups is 2. The average Bonchev–Trinajstić information content (AvgIpc) is 3.44. The summed E-state index contributed by atoms with van der Waals surface area (Å²) in [6, 6.07) is 10.4. The molecule has 1 saturated heterocycles. The Morgan fingerprint density at radius 1 is 0.974 bits per heavy atom. The zero-order valence-corrected chi connectivity index (χ0v) is 24.9. The Labute approximate surface area is 246 Å². The van der Waals surface area contributed by atoms with E-state index >= 15 is 0 Å². The van der Waals surface area contributed by atoms with Crippen molar-refractivity contribution in [2.75, 3.05) is 50.7 Å². The van der Waals surface area contributed by atoms with Gasteiger partial charge in [0.2, 0.25) is 5.91 Å². The minimum Gasteiger partial charge on any atom is -0.477 e.